The number of oxazole rings is 1. The molecular weight excluding hydrogens is 316 g/mol. The molecule has 0 unspecified atom stereocenters. The Hall–Kier alpha value is -1.75. The van der Waals surface area contributed by atoms with Gasteiger partial charge in [-0.3, -0.25) is 9.36 Å². The van der Waals surface area contributed by atoms with Crippen LogP contribution in [0, 0.1) is 5.92 Å². The molecular formula is C17H21ClN2O3. The largest absolute Gasteiger partial charge is 0.419 e. The van der Waals surface area contributed by atoms with Crippen LogP contribution in [0.2, 0.25) is 5.02 Å². The number of benzene rings is 1. The number of fused-ring (bicyclic) bond motifs is 1. The number of rotatable bonds is 4. The lowest BCUT2D eigenvalue weighted by Crippen LogP contribution is -2.41. The highest BCUT2D eigenvalue weighted by molar-refractivity contribution is 6.31. The highest BCUT2D eigenvalue weighted by Gasteiger charge is 2.22. The lowest BCUT2D eigenvalue weighted by atomic mass is 9.86. The zero-order valence-electron chi connectivity index (χ0n) is 13.2. The fraction of sp³-hybridized carbons (Fsp3) is 0.529. The van der Waals surface area contributed by atoms with E-state index >= 15 is 0 Å². The Morgan fingerprint density at radius 2 is 2.17 bits per heavy atom. The molecule has 6 heteroatoms. The van der Waals surface area contributed by atoms with Gasteiger partial charge in [-0.2, -0.15) is 0 Å². The normalized spacial score (nSPS) is 21.5. The molecule has 124 valence electrons. The van der Waals surface area contributed by atoms with E-state index in [4.69, 9.17) is 16.0 Å². The molecule has 0 saturated heterocycles. The highest BCUT2D eigenvalue weighted by Crippen LogP contribution is 2.24. The third-order valence-electron chi connectivity index (χ3n) is 4.65. The lowest BCUT2D eigenvalue weighted by Gasteiger charge is -2.29. The Bertz CT molecular complexity index is 765. The molecule has 3 rings (SSSR count). The van der Waals surface area contributed by atoms with Crippen LogP contribution >= 0.6 is 11.6 Å². The molecule has 2 atom stereocenters. The summed E-state index contributed by atoms with van der Waals surface area (Å²) in [7, 11) is 0. The van der Waals surface area contributed by atoms with E-state index in [0.29, 0.717) is 28.6 Å². The van der Waals surface area contributed by atoms with Crippen molar-refractivity contribution in [3.8, 4) is 0 Å². The number of nitrogens with one attached hydrogen (secondary N) is 1. The quantitative estimate of drug-likeness (QED) is 0.931. The van der Waals surface area contributed by atoms with Crippen molar-refractivity contribution in [2.45, 2.75) is 51.6 Å². The summed E-state index contributed by atoms with van der Waals surface area (Å²) in [6, 6.07) is 5.31. The Balaban J connectivity index is 1.65. The van der Waals surface area contributed by atoms with E-state index in [0.717, 1.165) is 12.8 Å². The van der Waals surface area contributed by atoms with E-state index in [1.165, 1.54) is 17.4 Å². The Morgan fingerprint density at radius 3 is 2.96 bits per heavy atom. The van der Waals surface area contributed by atoms with Gasteiger partial charge in [0.05, 0.1) is 5.52 Å². The number of carbonyl (C=O) groups is 1. The van der Waals surface area contributed by atoms with Crippen molar-refractivity contribution in [1.82, 2.24) is 9.88 Å². The molecule has 2 aromatic rings. The molecule has 0 radical (unpaired) electrons. The minimum absolute atomic E-state index is 0.0148. The van der Waals surface area contributed by atoms with Crippen LogP contribution < -0.4 is 11.1 Å². The summed E-state index contributed by atoms with van der Waals surface area (Å²) in [4.78, 5) is 24.1. The number of amides is 1. The molecule has 0 spiro atoms. The zero-order chi connectivity index (χ0) is 16.4. The molecule has 23 heavy (non-hydrogen) atoms. The number of aromatic nitrogens is 1. The van der Waals surface area contributed by atoms with Gasteiger partial charge in [0.25, 0.3) is 0 Å². The lowest BCUT2D eigenvalue weighted by molar-refractivity contribution is -0.122. The fourth-order valence-corrected chi connectivity index (χ4v) is 3.44. The number of aryl methyl sites for hydroxylation is 1. The van der Waals surface area contributed by atoms with Crippen molar-refractivity contribution in [3.63, 3.8) is 0 Å². The first-order valence-corrected chi connectivity index (χ1v) is 8.50. The predicted octanol–water partition coefficient (Wildman–Crippen LogP) is 3.33. The number of hydrogen-bond donors (Lipinski definition) is 1. The van der Waals surface area contributed by atoms with E-state index in [1.54, 1.807) is 18.2 Å². The molecule has 1 N–H and O–H groups in total. The first-order chi connectivity index (χ1) is 11.0. The molecule has 1 amide bonds. The molecule has 1 aromatic carbocycles. The van der Waals surface area contributed by atoms with Crippen LogP contribution in [0.15, 0.2) is 27.4 Å². The van der Waals surface area contributed by atoms with Gasteiger partial charge in [0.15, 0.2) is 5.58 Å². The Labute approximate surface area is 139 Å². The summed E-state index contributed by atoms with van der Waals surface area (Å²) >= 11 is 5.89. The molecule has 1 aromatic heterocycles. The summed E-state index contributed by atoms with van der Waals surface area (Å²) in [5.41, 5.74) is 1.11. The van der Waals surface area contributed by atoms with Crippen molar-refractivity contribution in [2.24, 2.45) is 5.92 Å². The topological polar surface area (TPSA) is 64.2 Å². The van der Waals surface area contributed by atoms with Gasteiger partial charge in [-0.25, -0.2) is 4.79 Å². The standard InChI is InChI=1S/C17H21ClN2O3/c1-11-4-2-3-5-13(11)19-16(21)8-9-20-14-7-6-12(18)10-15(14)23-17(20)22/h6-7,10-11,13H,2-5,8-9H2,1H3,(H,19,21)/t11-,13-/m0/s1. The SMILES string of the molecule is C[C@H]1CCCC[C@@H]1NC(=O)CCn1c(=O)oc2cc(Cl)ccc21. The van der Waals surface area contributed by atoms with Gasteiger partial charge in [0.1, 0.15) is 0 Å². The van der Waals surface area contributed by atoms with Crippen LogP contribution in [0.25, 0.3) is 11.1 Å². The number of hydrogen-bond acceptors (Lipinski definition) is 3. The first-order valence-electron chi connectivity index (χ1n) is 8.13. The molecule has 1 saturated carbocycles. The van der Waals surface area contributed by atoms with Crippen molar-refractivity contribution in [2.75, 3.05) is 0 Å². The second-order valence-corrected chi connectivity index (χ2v) is 6.75. The minimum Gasteiger partial charge on any atom is -0.408 e. The first kappa shape index (κ1) is 16.1. The third kappa shape index (κ3) is 3.61. The van der Waals surface area contributed by atoms with Gasteiger partial charge in [-0.1, -0.05) is 31.4 Å². The number of nitrogens with zero attached hydrogens (tertiary/aromatic N) is 1. The average Bonchev–Trinajstić information content (AvgIpc) is 2.82. The highest BCUT2D eigenvalue weighted by atomic mass is 35.5. The van der Waals surface area contributed by atoms with Gasteiger partial charge < -0.3 is 9.73 Å². The second kappa shape index (κ2) is 6.79. The van der Waals surface area contributed by atoms with E-state index in [1.807, 2.05) is 0 Å². The smallest absolute Gasteiger partial charge is 0.408 e. The maximum atomic E-state index is 12.2. The third-order valence-corrected chi connectivity index (χ3v) is 4.89. The summed E-state index contributed by atoms with van der Waals surface area (Å²) in [5, 5.41) is 3.62. The minimum atomic E-state index is -0.457. The van der Waals surface area contributed by atoms with E-state index in [2.05, 4.69) is 12.2 Å². The van der Waals surface area contributed by atoms with E-state index in [9.17, 15) is 9.59 Å². The van der Waals surface area contributed by atoms with Crippen LogP contribution in [0.5, 0.6) is 0 Å². The molecule has 1 heterocycles. The number of halogens is 1. The summed E-state index contributed by atoms with van der Waals surface area (Å²) < 4.78 is 6.65. The Kier molecular flexibility index (Phi) is 4.76. The summed E-state index contributed by atoms with van der Waals surface area (Å²) in [6.45, 7) is 2.49. The summed E-state index contributed by atoms with van der Waals surface area (Å²) in [6.07, 6.45) is 4.88. The van der Waals surface area contributed by atoms with Crippen molar-refractivity contribution >= 4 is 28.6 Å². The van der Waals surface area contributed by atoms with Gasteiger partial charge in [0, 0.05) is 30.1 Å². The average molecular weight is 337 g/mol. The molecule has 1 aliphatic rings. The van der Waals surface area contributed by atoms with Crippen LogP contribution in [0.3, 0.4) is 0 Å². The molecule has 1 aliphatic carbocycles. The van der Waals surface area contributed by atoms with Crippen molar-refractivity contribution in [1.29, 1.82) is 0 Å². The van der Waals surface area contributed by atoms with Crippen molar-refractivity contribution in [3.05, 3.63) is 33.8 Å². The molecule has 1 fully saturated rings. The summed E-state index contributed by atoms with van der Waals surface area (Å²) in [5.74, 6) is 0.0485. The van der Waals surface area contributed by atoms with Crippen LogP contribution in [-0.4, -0.2) is 16.5 Å². The van der Waals surface area contributed by atoms with Crippen molar-refractivity contribution < 1.29 is 9.21 Å². The van der Waals surface area contributed by atoms with E-state index < -0.39 is 5.76 Å². The monoisotopic (exact) mass is 336 g/mol. The maximum absolute atomic E-state index is 12.2. The van der Waals surface area contributed by atoms with Gasteiger partial charge in [-0.05, 0) is 30.9 Å². The molecule has 0 aliphatic heterocycles. The Morgan fingerprint density at radius 1 is 1.39 bits per heavy atom. The van der Waals surface area contributed by atoms with Crippen LogP contribution in [0.1, 0.15) is 39.0 Å². The van der Waals surface area contributed by atoms with Gasteiger partial charge in [0.2, 0.25) is 5.91 Å². The van der Waals surface area contributed by atoms with Gasteiger partial charge in [-0.15, -0.1) is 0 Å². The van der Waals surface area contributed by atoms with E-state index in [-0.39, 0.29) is 18.4 Å². The van der Waals surface area contributed by atoms with Gasteiger partial charge >= 0.3 is 5.76 Å². The predicted molar refractivity (Wildman–Crippen MR) is 89.7 cm³/mol. The fourth-order valence-electron chi connectivity index (χ4n) is 3.27. The number of carbonyl (C=O) groups excluding carboxylic acids is 1. The maximum Gasteiger partial charge on any atom is 0.419 e. The molecule has 5 nitrogen and oxygen atoms in total. The van der Waals surface area contributed by atoms with Crippen LogP contribution in [0.4, 0.5) is 0 Å². The van der Waals surface area contributed by atoms with Crippen LogP contribution in [-0.2, 0) is 11.3 Å². The molecule has 0 bridgehead atoms. The second-order valence-electron chi connectivity index (χ2n) is 6.32. The zero-order valence-corrected chi connectivity index (χ0v) is 13.9.